The molecule has 0 unspecified atom stereocenters. The Hall–Kier alpha value is -3.73. The molecule has 0 aliphatic carbocycles. The van der Waals surface area contributed by atoms with Crippen molar-refractivity contribution in [3.05, 3.63) is 114 Å². The van der Waals surface area contributed by atoms with Crippen LogP contribution in [0.15, 0.2) is 91.1 Å². The first kappa shape index (κ1) is 20.5. The first-order valence-corrected chi connectivity index (χ1v) is 10.3. The van der Waals surface area contributed by atoms with Crippen molar-refractivity contribution in [3.63, 3.8) is 0 Å². The lowest BCUT2D eigenvalue weighted by molar-refractivity contribution is -0.121. The van der Waals surface area contributed by atoms with E-state index < -0.39 is 0 Å². The molecule has 0 radical (unpaired) electrons. The molecule has 0 aliphatic heterocycles. The van der Waals surface area contributed by atoms with Crippen LogP contribution < -0.4 is 5.32 Å². The van der Waals surface area contributed by atoms with Gasteiger partial charge in [-0.05, 0) is 29.7 Å². The van der Waals surface area contributed by atoms with Crippen molar-refractivity contribution in [2.75, 3.05) is 0 Å². The highest BCUT2D eigenvalue weighted by atomic mass is 19.1. The van der Waals surface area contributed by atoms with Gasteiger partial charge in [-0.2, -0.15) is 5.10 Å². The molecule has 0 aliphatic rings. The number of aryl methyl sites for hydroxylation is 1. The van der Waals surface area contributed by atoms with Gasteiger partial charge < -0.3 is 5.32 Å². The van der Waals surface area contributed by atoms with Crippen LogP contribution in [0.3, 0.4) is 0 Å². The van der Waals surface area contributed by atoms with Crippen LogP contribution in [0, 0.1) is 5.82 Å². The fraction of sp³-hybridized carbons (Fsp3) is 0.154. The lowest BCUT2D eigenvalue weighted by Crippen LogP contribution is -2.23. The van der Waals surface area contributed by atoms with Crippen LogP contribution in [0.5, 0.6) is 0 Å². The van der Waals surface area contributed by atoms with Gasteiger partial charge >= 0.3 is 0 Å². The van der Waals surface area contributed by atoms with E-state index in [2.05, 4.69) is 17.4 Å². The normalized spacial score (nSPS) is 10.7. The molecule has 1 aromatic heterocycles. The Kier molecular flexibility index (Phi) is 6.53. The lowest BCUT2D eigenvalue weighted by atomic mass is 10.1. The molecule has 0 atom stereocenters. The van der Waals surface area contributed by atoms with Crippen molar-refractivity contribution in [2.45, 2.75) is 25.9 Å². The van der Waals surface area contributed by atoms with E-state index in [0.717, 1.165) is 22.4 Å². The Labute approximate surface area is 181 Å². The van der Waals surface area contributed by atoms with E-state index >= 15 is 0 Å². The van der Waals surface area contributed by atoms with Crippen molar-refractivity contribution < 1.29 is 9.18 Å². The largest absolute Gasteiger partial charge is 0.352 e. The molecule has 1 heterocycles. The fourth-order valence-corrected chi connectivity index (χ4v) is 3.47. The summed E-state index contributed by atoms with van der Waals surface area (Å²) in [7, 11) is 0. The standard InChI is InChI=1S/C26H24FN3O/c27-24-14-11-20(12-15-24)13-16-25(31)28-17-23-19-30(18-21-7-3-1-4-8-21)29-26(23)22-9-5-2-6-10-22/h1-12,14-15,19H,13,16-18H2,(H,28,31). The summed E-state index contributed by atoms with van der Waals surface area (Å²) < 4.78 is 14.9. The number of benzene rings is 3. The fourth-order valence-electron chi connectivity index (χ4n) is 3.47. The molecular formula is C26H24FN3O. The SMILES string of the molecule is O=C(CCc1ccc(F)cc1)NCc1cn(Cc2ccccc2)nc1-c1ccccc1. The zero-order chi connectivity index (χ0) is 21.5. The number of aromatic nitrogens is 2. The van der Waals surface area contributed by atoms with Gasteiger partial charge in [0.1, 0.15) is 5.82 Å². The Morgan fingerprint density at radius 1 is 0.871 bits per heavy atom. The highest BCUT2D eigenvalue weighted by Gasteiger charge is 2.13. The van der Waals surface area contributed by atoms with Gasteiger partial charge in [-0.25, -0.2) is 4.39 Å². The second-order valence-electron chi connectivity index (χ2n) is 7.46. The summed E-state index contributed by atoms with van der Waals surface area (Å²) in [6.07, 6.45) is 2.92. The molecule has 1 amide bonds. The molecule has 1 N–H and O–H groups in total. The van der Waals surface area contributed by atoms with Gasteiger partial charge in [0.15, 0.2) is 0 Å². The first-order chi connectivity index (χ1) is 15.2. The molecule has 0 saturated carbocycles. The number of rotatable bonds is 8. The van der Waals surface area contributed by atoms with E-state index in [1.54, 1.807) is 12.1 Å². The predicted molar refractivity (Wildman–Crippen MR) is 120 cm³/mol. The van der Waals surface area contributed by atoms with Crippen LogP contribution in [0.25, 0.3) is 11.3 Å². The van der Waals surface area contributed by atoms with Gasteiger partial charge in [-0.3, -0.25) is 9.48 Å². The molecule has 4 rings (SSSR count). The minimum atomic E-state index is -0.269. The van der Waals surface area contributed by atoms with Crippen LogP contribution >= 0.6 is 0 Å². The lowest BCUT2D eigenvalue weighted by Gasteiger charge is -2.06. The highest BCUT2D eigenvalue weighted by molar-refractivity contribution is 5.76. The summed E-state index contributed by atoms with van der Waals surface area (Å²) in [6, 6.07) is 26.4. The van der Waals surface area contributed by atoms with Gasteiger partial charge in [0.05, 0.1) is 12.2 Å². The molecule has 0 fully saturated rings. The van der Waals surface area contributed by atoms with Crippen LogP contribution in [0.2, 0.25) is 0 Å². The third-order valence-corrected chi connectivity index (χ3v) is 5.10. The number of hydrogen-bond donors (Lipinski definition) is 1. The molecule has 4 aromatic rings. The van der Waals surface area contributed by atoms with E-state index in [1.165, 1.54) is 17.7 Å². The molecule has 3 aromatic carbocycles. The minimum absolute atomic E-state index is 0.0425. The number of carbonyl (C=O) groups is 1. The quantitative estimate of drug-likeness (QED) is 0.443. The van der Waals surface area contributed by atoms with Crippen LogP contribution in [-0.2, 0) is 24.3 Å². The monoisotopic (exact) mass is 413 g/mol. The smallest absolute Gasteiger partial charge is 0.220 e. The summed E-state index contributed by atoms with van der Waals surface area (Å²) in [5.74, 6) is -0.312. The summed E-state index contributed by atoms with van der Waals surface area (Å²) >= 11 is 0. The maximum absolute atomic E-state index is 13.0. The van der Waals surface area contributed by atoms with Gasteiger partial charge in [0, 0.05) is 30.3 Å². The molecule has 0 bridgehead atoms. The third kappa shape index (κ3) is 5.66. The molecule has 5 heteroatoms. The molecule has 31 heavy (non-hydrogen) atoms. The van der Waals surface area contributed by atoms with Crippen molar-refractivity contribution in [1.82, 2.24) is 15.1 Å². The van der Waals surface area contributed by atoms with Crippen molar-refractivity contribution >= 4 is 5.91 Å². The van der Waals surface area contributed by atoms with Crippen molar-refractivity contribution in [1.29, 1.82) is 0 Å². The molecule has 0 spiro atoms. The van der Waals surface area contributed by atoms with Crippen molar-refractivity contribution in [2.24, 2.45) is 0 Å². The Bertz CT molecular complexity index is 1120. The molecule has 4 nitrogen and oxygen atoms in total. The topological polar surface area (TPSA) is 46.9 Å². The minimum Gasteiger partial charge on any atom is -0.352 e. The Morgan fingerprint density at radius 2 is 1.55 bits per heavy atom. The number of halogens is 1. The predicted octanol–water partition coefficient (Wildman–Crippen LogP) is 4.99. The maximum Gasteiger partial charge on any atom is 0.220 e. The van der Waals surface area contributed by atoms with Gasteiger partial charge in [0.25, 0.3) is 0 Å². The third-order valence-electron chi connectivity index (χ3n) is 5.10. The number of amides is 1. The summed E-state index contributed by atoms with van der Waals surface area (Å²) in [5, 5.41) is 7.79. The zero-order valence-electron chi connectivity index (χ0n) is 17.2. The number of carbonyl (C=O) groups excluding carboxylic acids is 1. The second kappa shape index (κ2) is 9.85. The van der Waals surface area contributed by atoms with E-state index in [9.17, 15) is 9.18 Å². The molecular weight excluding hydrogens is 389 g/mol. The Balaban J connectivity index is 1.44. The summed E-state index contributed by atoms with van der Waals surface area (Å²) in [4.78, 5) is 12.4. The zero-order valence-corrected chi connectivity index (χ0v) is 17.2. The van der Waals surface area contributed by atoms with Gasteiger partial charge in [0.2, 0.25) is 5.91 Å². The molecule has 156 valence electrons. The number of nitrogens with one attached hydrogen (secondary N) is 1. The summed E-state index contributed by atoms with van der Waals surface area (Å²) in [6.45, 7) is 1.07. The van der Waals surface area contributed by atoms with Crippen LogP contribution in [-0.4, -0.2) is 15.7 Å². The van der Waals surface area contributed by atoms with Gasteiger partial charge in [-0.15, -0.1) is 0 Å². The summed E-state index contributed by atoms with van der Waals surface area (Å²) in [5.41, 5.74) is 4.97. The second-order valence-corrected chi connectivity index (χ2v) is 7.46. The van der Waals surface area contributed by atoms with Gasteiger partial charge in [-0.1, -0.05) is 72.8 Å². The Morgan fingerprint density at radius 3 is 2.26 bits per heavy atom. The van der Waals surface area contributed by atoms with E-state index in [-0.39, 0.29) is 11.7 Å². The average Bonchev–Trinajstić information content (AvgIpc) is 3.21. The number of hydrogen-bond acceptors (Lipinski definition) is 2. The average molecular weight is 413 g/mol. The van der Waals surface area contributed by atoms with Crippen LogP contribution in [0.4, 0.5) is 4.39 Å². The van der Waals surface area contributed by atoms with E-state index in [0.29, 0.717) is 25.9 Å². The van der Waals surface area contributed by atoms with E-state index in [1.807, 2.05) is 59.4 Å². The van der Waals surface area contributed by atoms with E-state index in [4.69, 9.17) is 5.10 Å². The maximum atomic E-state index is 13.0. The van der Waals surface area contributed by atoms with Crippen molar-refractivity contribution in [3.8, 4) is 11.3 Å². The number of nitrogens with zero attached hydrogens (tertiary/aromatic N) is 2. The highest BCUT2D eigenvalue weighted by Crippen LogP contribution is 2.22. The molecule has 0 saturated heterocycles. The van der Waals surface area contributed by atoms with Crippen LogP contribution in [0.1, 0.15) is 23.1 Å². The first-order valence-electron chi connectivity index (χ1n) is 10.3.